The fourth-order valence-electron chi connectivity index (χ4n) is 2.23. The molecule has 0 unspecified atom stereocenters. The van der Waals surface area contributed by atoms with Crippen molar-refractivity contribution in [1.82, 2.24) is 0 Å². The Kier molecular flexibility index (Phi) is 6.87. The average molecular weight is 377 g/mol. The molecule has 0 bridgehead atoms. The number of ether oxygens (including phenoxy) is 2. The SMILES string of the molecule is Cc1ccc(C(C)C)cc1OCC(=O)OCC(=O)Nc1ccc(F)c(F)c1. The molecule has 0 saturated carbocycles. The zero-order valence-electron chi connectivity index (χ0n) is 15.3. The quantitative estimate of drug-likeness (QED) is 0.742. The van der Waals surface area contributed by atoms with Crippen LogP contribution in [0, 0.1) is 18.6 Å². The van der Waals surface area contributed by atoms with E-state index >= 15 is 0 Å². The fourth-order valence-corrected chi connectivity index (χ4v) is 2.23. The molecule has 0 aliphatic carbocycles. The lowest BCUT2D eigenvalue weighted by Gasteiger charge is -2.12. The Morgan fingerprint density at radius 3 is 2.44 bits per heavy atom. The van der Waals surface area contributed by atoms with Gasteiger partial charge in [-0.15, -0.1) is 0 Å². The summed E-state index contributed by atoms with van der Waals surface area (Å²) < 4.78 is 36.2. The maximum atomic E-state index is 13.1. The summed E-state index contributed by atoms with van der Waals surface area (Å²) in [5, 5.41) is 2.30. The highest BCUT2D eigenvalue weighted by molar-refractivity contribution is 5.92. The van der Waals surface area contributed by atoms with Crippen LogP contribution in [0.3, 0.4) is 0 Å². The molecule has 2 aromatic carbocycles. The molecule has 0 spiro atoms. The molecule has 0 heterocycles. The maximum absolute atomic E-state index is 13.1. The normalized spacial score (nSPS) is 10.6. The Bertz CT molecular complexity index is 837. The summed E-state index contributed by atoms with van der Waals surface area (Å²) in [6, 6.07) is 8.69. The van der Waals surface area contributed by atoms with Crippen LogP contribution in [-0.2, 0) is 14.3 Å². The lowest BCUT2D eigenvalue weighted by molar-refractivity contribution is -0.149. The average Bonchev–Trinajstić information content (AvgIpc) is 2.62. The molecule has 1 N–H and O–H groups in total. The standard InChI is InChI=1S/C20H21F2NO4/c1-12(2)14-5-4-13(3)18(8-14)26-11-20(25)27-10-19(24)23-15-6-7-16(21)17(22)9-15/h4-9,12H,10-11H2,1-3H3,(H,23,24). The molecule has 27 heavy (non-hydrogen) atoms. The van der Waals surface area contributed by atoms with Crippen LogP contribution in [-0.4, -0.2) is 25.1 Å². The highest BCUT2D eigenvalue weighted by Gasteiger charge is 2.12. The number of benzene rings is 2. The van der Waals surface area contributed by atoms with Gasteiger partial charge in [-0.2, -0.15) is 0 Å². The van der Waals surface area contributed by atoms with E-state index in [1.807, 2.05) is 39.0 Å². The van der Waals surface area contributed by atoms with Crippen LogP contribution in [0.25, 0.3) is 0 Å². The minimum atomic E-state index is -1.09. The third-order valence-electron chi connectivity index (χ3n) is 3.79. The molecule has 1 amide bonds. The van der Waals surface area contributed by atoms with E-state index in [0.29, 0.717) is 11.7 Å². The number of carbonyl (C=O) groups is 2. The Morgan fingerprint density at radius 1 is 1.04 bits per heavy atom. The zero-order valence-corrected chi connectivity index (χ0v) is 15.3. The first-order valence-corrected chi connectivity index (χ1v) is 8.40. The predicted molar refractivity (Wildman–Crippen MR) is 96.7 cm³/mol. The zero-order chi connectivity index (χ0) is 20.0. The monoisotopic (exact) mass is 377 g/mol. The largest absolute Gasteiger partial charge is 0.482 e. The number of hydrogen-bond acceptors (Lipinski definition) is 4. The van der Waals surface area contributed by atoms with Crippen molar-refractivity contribution in [3.05, 3.63) is 59.2 Å². The number of rotatable bonds is 7. The number of carbonyl (C=O) groups excluding carboxylic acids is 2. The highest BCUT2D eigenvalue weighted by Crippen LogP contribution is 2.24. The molecule has 5 nitrogen and oxygen atoms in total. The van der Waals surface area contributed by atoms with Crippen molar-refractivity contribution in [2.75, 3.05) is 18.5 Å². The number of esters is 1. The molecule has 0 fully saturated rings. The minimum absolute atomic E-state index is 0.0623. The molecule has 0 aliphatic heterocycles. The van der Waals surface area contributed by atoms with E-state index in [1.54, 1.807) is 0 Å². The van der Waals surface area contributed by atoms with Crippen LogP contribution in [0.1, 0.15) is 30.9 Å². The third-order valence-corrected chi connectivity index (χ3v) is 3.79. The van der Waals surface area contributed by atoms with Crippen molar-refractivity contribution in [3.63, 3.8) is 0 Å². The van der Waals surface area contributed by atoms with Gasteiger partial charge in [-0.25, -0.2) is 13.6 Å². The first-order chi connectivity index (χ1) is 12.8. The predicted octanol–water partition coefficient (Wildman–Crippen LogP) is 3.96. The molecule has 0 atom stereocenters. The van der Waals surface area contributed by atoms with Gasteiger partial charge in [-0.05, 0) is 42.2 Å². The van der Waals surface area contributed by atoms with E-state index in [1.165, 1.54) is 6.07 Å². The summed E-state index contributed by atoms with van der Waals surface area (Å²) in [7, 11) is 0. The van der Waals surface area contributed by atoms with Gasteiger partial charge in [0.05, 0.1) is 0 Å². The van der Waals surface area contributed by atoms with Gasteiger partial charge >= 0.3 is 5.97 Å². The first kappa shape index (κ1) is 20.4. The number of nitrogens with one attached hydrogen (secondary N) is 1. The van der Waals surface area contributed by atoms with Gasteiger partial charge in [0.25, 0.3) is 5.91 Å². The molecule has 0 saturated heterocycles. The number of halogens is 2. The smallest absolute Gasteiger partial charge is 0.344 e. The maximum Gasteiger partial charge on any atom is 0.344 e. The second kappa shape index (κ2) is 9.12. The molecule has 7 heteroatoms. The molecular weight excluding hydrogens is 356 g/mol. The summed E-state index contributed by atoms with van der Waals surface area (Å²) in [4.78, 5) is 23.5. The number of amides is 1. The van der Waals surface area contributed by atoms with Gasteiger partial charge in [0, 0.05) is 11.8 Å². The second-order valence-electron chi connectivity index (χ2n) is 6.31. The van der Waals surface area contributed by atoms with E-state index in [-0.39, 0.29) is 12.3 Å². The van der Waals surface area contributed by atoms with Crippen molar-refractivity contribution >= 4 is 17.6 Å². The molecule has 0 aliphatic rings. The number of anilines is 1. The Hall–Kier alpha value is -2.96. The van der Waals surface area contributed by atoms with Gasteiger partial charge in [0.2, 0.25) is 0 Å². The summed E-state index contributed by atoms with van der Waals surface area (Å²) in [6.45, 7) is 5.05. The molecule has 144 valence electrons. The van der Waals surface area contributed by atoms with E-state index in [0.717, 1.165) is 23.3 Å². The topological polar surface area (TPSA) is 64.6 Å². The van der Waals surface area contributed by atoms with E-state index in [9.17, 15) is 18.4 Å². The summed E-state index contributed by atoms with van der Waals surface area (Å²) in [6.07, 6.45) is 0. The van der Waals surface area contributed by atoms with Gasteiger partial charge in [0.1, 0.15) is 5.75 Å². The minimum Gasteiger partial charge on any atom is -0.482 e. The molecule has 0 aromatic heterocycles. The van der Waals surface area contributed by atoms with Crippen molar-refractivity contribution in [1.29, 1.82) is 0 Å². The van der Waals surface area contributed by atoms with Crippen LogP contribution in [0.15, 0.2) is 36.4 Å². The Morgan fingerprint density at radius 2 is 1.78 bits per heavy atom. The number of aryl methyl sites for hydroxylation is 1. The van der Waals surface area contributed by atoms with Crippen molar-refractivity contribution in [2.24, 2.45) is 0 Å². The van der Waals surface area contributed by atoms with Crippen LogP contribution < -0.4 is 10.1 Å². The van der Waals surface area contributed by atoms with Gasteiger partial charge in [0.15, 0.2) is 24.8 Å². The third kappa shape index (κ3) is 6.06. The number of hydrogen-bond donors (Lipinski definition) is 1. The first-order valence-electron chi connectivity index (χ1n) is 8.40. The Balaban J connectivity index is 1.81. The van der Waals surface area contributed by atoms with Gasteiger partial charge in [-0.3, -0.25) is 4.79 Å². The highest BCUT2D eigenvalue weighted by atomic mass is 19.2. The summed E-state index contributed by atoms with van der Waals surface area (Å²) in [5.74, 6) is -2.60. The fraction of sp³-hybridized carbons (Fsp3) is 0.300. The molecule has 2 aromatic rings. The molecular formula is C20H21F2NO4. The summed E-state index contributed by atoms with van der Waals surface area (Å²) in [5.41, 5.74) is 2.02. The van der Waals surface area contributed by atoms with Crippen molar-refractivity contribution in [3.8, 4) is 5.75 Å². The summed E-state index contributed by atoms with van der Waals surface area (Å²) >= 11 is 0. The van der Waals surface area contributed by atoms with E-state index < -0.39 is 30.1 Å². The Labute approximate surface area is 156 Å². The van der Waals surface area contributed by atoms with E-state index in [4.69, 9.17) is 9.47 Å². The van der Waals surface area contributed by atoms with Crippen LogP contribution in [0.5, 0.6) is 5.75 Å². The van der Waals surface area contributed by atoms with Crippen LogP contribution >= 0.6 is 0 Å². The molecule has 0 radical (unpaired) electrons. The van der Waals surface area contributed by atoms with Gasteiger partial charge < -0.3 is 14.8 Å². The van der Waals surface area contributed by atoms with Crippen LogP contribution in [0.2, 0.25) is 0 Å². The molecule has 2 rings (SSSR count). The van der Waals surface area contributed by atoms with Crippen LogP contribution in [0.4, 0.5) is 14.5 Å². The van der Waals surface area contributed by atoms with Crippen molar-refractivity contribution in [2.45, 2.75) is 26.7 Å². The van der Waals surface area contributed by atoms with E-state index in [2.05, 4.69) is 5.32 Å². The second-order valence-corrected chi connectivity index (χ2v) is 6.31. The van der Waals surface area contributed by atoms with Crippen molar-refractivity contribution < 1.29 is 27.8 Å². The lowest BCUT2D eigenvalue weighted by Crippen LogP contribution is -2.23. The van der Waals surface area contributed by atoms with Gasteiger partial charge in [-0.1, -0.05) is 26.0 Å². The lowest BCUT2D eigenvalue weighted by atomic mass is 10.0.